The molecule has 1 aliphatic rings. The van der Waals surface area contributed by atoms with E-state index in [0.717, 1.165) is 25.2 Å². The summed E-state index contributed by atoms with van der Waals surface area (Å²) in [6.45, 7) is 3.48. The summed E-state index contributed by atoms with van der Waals surface area (Å²) in [4.78, 5) is 20.6. The standard InChI is InChI=1S/C18H20FN3O2/c1-24-17-7-6-14(12-20-17)13-21-8-10-22(11-9-21)18(23)15-4-2-3-5-16(15)19/h2-7,12H,8-11,13H2,1H3. The molecule has 126 valence electrons. The lowest BCUT2D eigenvalue weighted by Crippen LogP contribution is -2.48. The molecule has 6 heteroatoms. The summed E-state index contributed by atoms with van der Waals surface area (Å²) in [5.41, 5.74) is 1.25. The summed E-state index contributed by atoms with van der Waals surface area (Å²) in [7, 11) is 1.59. The van der Waals surface area contributed by atoms with Gasteiger partial charge < -0.3 is 9.64 Å². The third-order valence-corrected chi connectivity index (χ3v) is 4.18. The lowest BCUT2D eigenvalue weighted by Gasteiger charge is -2.34. The van der Waals surface area contributed by atoms with Crippen molar-refractivity contribution in [3.63, 3.8) is 0 Å². The maximum absolute atomic E-state index is 13.7. The Hall–Kier alpha value is -2.47. The van der Waals surface area contributed by atoms with E-state index in [9.17, 15) is 9.18 Å². The molecule has 1 aliphatic heterocycles. The topological polar surface area (TPSA) is 45.7 Å². The van der Waals surface area contributed by atoms with Crippen molar-refractivity contribution in [3.05, 3.63) is 59.5 Å². The SMILES string of the molecule is COc1ccc(CN2CCN(C(=O)c3ccccc3F)CC2)cn1. The van der Waals surface area contributed by atoms with E-state index in [1.54, 1.807) is 30.3 Å². The number of benzene rings is 1. The maximum Gasteiger partial charge on any atom is 0.256 e. The molecule has 0 atom stereocenters. The van der Waals surface area contributed by atoms with Gasteiger partial charge in [0.1, 0.15) is 5.82 Å². The molecule has 24 heavy (non-hydrogen) atoms. The highest BCUT2D eigenvalue weighted by Crippen LogP contribution is 2.14. The molecule has 5 nitrogen and oxygen atoms in total. The van der Waals surface area contributed by atoms with E-state index in [4.69, 9.17) is 4.74 Å². The zero-order valence-corrected chi connectivity index (χ0v) is 13.6. The molecule has 1 amide bonds. The summed E-state index contributed by atoms with van der Waals surface area (Å²) in [5, 5.41) is 0. The normalized spacial score (nSPS) is 15.3. The zero-order chi connectivity index (χ0) is 16.9. The monoisotopic (exact) mass is 329 g/mol. The Labute approximate surface area is 140 Å². The van der Waals surface area contributed by atoms with Crippen molar-refractivity contribution in [2.75, 3.05) is 33.3 Å². The summed E-state index contributed by atoms with van der Waals surface area (Å²) in [6, 6.07) is 9.96. The van der Waals surface area contributed by atoms with E-state index in [-0.39, 0.29) is 11.5 Å². The van der Waals surface area contributed by atoms with E-state index >= 15 is 0 Å². The van der Waals surface area contributed by atoms with Crippen molar-refractivity contribution in [1.29, 1.82) is 0 Å². The average molecular weight is 329 g/mol. The van der Waals surface area contributed by atoms with E-state index in [1.807, 2.05) is 12.1 Å². The van der Waals surface area contributed by atoms with Gasteiger partial charge in [0.25, 0.3) is 5.91 Å². The fraction of sp³-hybridized carbons (Fsp3) is 0.333. The van der Waals surface area contributed by atoms with Crippen LogP contribution in [0.5, 0.6) is 5.88 Å². The van der Waals surface area contributed by atoms with Crippen LogP contribution in [0, 0.1) is 5.82 Å². The first-order valence-corrected chi connectivity index (χ1v) is 7.92. The van der Waals surface area contributed by atoms with Gasteiger partial charge in [-0.05, 0) is 17.7 Å². The van der Waals surface area contributed by atoms with Gasteiger partial charge >= 0.3 is 0 Å². The smallest absolute Gasteiger partial charge is 0.256 e. The number of nitrogens with zero attached hydrogens (tertiary/aromatic N) is 3. The number of piperazine rings is 1. The minimum Gasteiger partial charge on any atom is -0.481 e. The van der Waals surface area contributed by atoms with Crippen LogP contribution in [-0.4, -0.2) is 54.0 Å². The Morgan fingerprint density at radius 3 is 2.54 bits per heavy atom. The van der Waals surface area contributed by atoms with Gasteiger partial charge in [0, 0.05) is 45.0 Å². The lowest BCUT2D eigenvalue weighted by atomic mass is 10.1. The highest BCUT2D eigenvalue weighted by atomic mass is 19.1. The summed E-state index contributed by atoms with van der Waals surface area (Å²) < 4.78 is 18.8. The minimum atomic E-state index is -0.464. The van der Waals surface area contributed by atoms with Gasteiger partial charge in [0.15, 0.2) is 0 Å². The number of pyridine rings is 1. The third kappa shape index (κ3) is 3.71. The minimum absolute atomic E-state index is 0.144. The molecular weight excluding hydrogens is 309 g/mol. The largest absolute Gasteiger partial charge is 0.481 e. The Morgan fingerprint density at radius 2 is 1.92 bits per heavy atom. The van der Waals surface area contributed by atoms with Crippen molar-refractivity contribution >= 4 is 5.91 Å². The molecule has 0 aliphatic carbocycles. The van der Waals surface area contributed by atoms with Crippen molar-refractivity contribution in [3.8, 4) is 5.88 Å². The number of hydrogen-bond acceptors (Lipinski definition) is 4. The number of ether oxygens (including phenoxy) is 1. The van der Waals surface area contributed by atoms with Crippen molar-refractivity contribution in [2.45, 2.75) is 6.54 Å². The highest BCUT2D eigenvalue weighted by Gasteiger charge is 2.23. The number of carbonyl (C=O) groups excluding carboxylic acids is 1. The number of aromatic nitrogens is 1. The molecule has 3 rings (SSSR count). The molecule has 1 saturated heterocycles. The van der Waals surface area contributed by atoms with Crippen LogP contribution in [0.25, 0.3) is 0 Å². The van der Waals surface area contributed by atoms with Crippen LogP contribution in [-0.2, 0) is 6.54 Å². The quantitative estimate of drug-likeness (QED) is 0.863. The van der Waals surface area contributed by atoms with Crippen molar-refractivity contribution in [2.24, 2.45) is 0 Å². The van der Waals surface area contributed by atoms with E-state index in [1.165, 1.54) is 12.1 Å². The Balaban J connectivity index is 1.55. The van der Waals surface area contributed by atoms with Crippen LogP contribution in [0.15, 0.2) is 42.6 Å². The second-order valence-corrected chi connectivity index (χ2v) is 5.76. The van der Waals surface area contributed by atoms with Crippen LogP contribution >= 0.6 is 0 Å². The van der Waals surface area contributed by atoms with Crippen molar-refractivity contribution < 1.29 is 13.9 Å². The second-order valence-electron chi connectivity index (χ2n) is 5.76. The van der Waals surface area contributed by atoms with Crippen molar-refractivity contribution in [1.82, 2.24) is 14.8 Å². The van der Waals surface area contributed by atoms with Crippen LogP contribution in [0.1, 0.15) is 15.9 Å². The first-order chi connectivity index (χ1) is 11.7. The van der Waals surface area contributed by atoms with Crippen LogP contribution in [0.2, 0.25) is 0 Å². The number of carbonyl (C=O) groups is 1. The van der Waals surface area contributed by atoms with Gasteiger partial charge in [0.2, 0.25) is 5.88 Å². The summed E-state index contributed by atoms with van der Waals surface area (Å²) in [6.07, 6.45) is 1.80. The van der Waals surface area contributed by atoms with Crippen LogP contribution < -0.4 is 4.74 Å². The van der Waals surface area contributed by atoms with E-state index < -0.39 is 5.82 Å². The predicted molar refractivity (Wildman–Crippen MR) is 88.4 cm³/mol. The molecule has 1 aromatic heterocycles. The molecule has 0 saturated carbocycles. The fourth-order valence-electron chi connectivity index (χ4n) is 2.80. The molecule has 0 spiro atoms. The fourth-order valence-corrected chi connectivity index (χ4v) is 2.80. The molecular formula is C18H20FN3O2. The predicted octanol–water partition coefficient (Wildman–Crippen LogP) is 2.19. The first-order valence-electron chi connectivity index (χ1n) is 7.92. The number of methoxy groups -OCH3 is 1. The Morgan fingerprint density at radius 1 is 1.17 bits per heavy atom. The number of rotatable bonds is 4. The Bertz CT molecular complexity index is 698. The van der Waals surface area contributed by atoms with E-state index in [0.29, 0.717) is 19.0 Å². The molecule has 1 fully saturated rings. The highest BCUT2D eigenvalue weighted by molar-refractivity contribution is 5.94. The third-order valence-electron chi connectivity index (χ3n) is 4.18. The summed E-state index contributed by atoms with van der Waals surface area (Å²) in [5.74, 6) is -0.104. The molecule has 0 radical (unpaired) electrons. The number of amides is 1. The molecule has 1 aromatic carbocycles. The van der Waals surface area contributed by atoms with Gasteiger partial charge in [0.05, 0.1) is 12.7 Å². The van der Waals surface area contributed by atoms with Gasteiger partial charge in [-0.15, -0.1) is 0 Å². The maximum atomic E-state index is 13.7. The average Bonchev–Trinajstić information content (AvgIpc) is 2.63. The van der Waals surface area contributed by atoms with Crippen LogP contribution in [0.3, 0.4) is 0 Å². The molecule has 2 aromatic rings. The number of halogens is 1. The van der Waals surface area contributed by atoms with Gasteiger partial charge in [-0.2, -0.15) is 0 Å². The zero-order valence-electron chi connectivity index (χ0n) is 13.6. The molecule has 2 heterocycles. The van der Waals surface area contributed by atoms with Gasteiger partial charge in [-0.25, -0.2) is 9.37 Å². The van der Waals surface area contributed by atoms with E-state index in [2.05, 4.69) is 9.88 Å². The molecule has 0 unspecified atom stereocenters. The molecule has 0 bridgehead atoms. The Kier molecular flexibility index (Phi) is 5.05. The lowest BCUT2D eigenvalue weighted by molar-refractivity contribution is 0.0624. The second kappa shape index (κ2) is 7.40. The van der Waals surface area contributed by atoms with Gasteiger partial charge in [-0.3, -0.25) is 9.69 Å². The molecule has 0 N–H and O–H groups in total. The summed E-state index contributed by atoms with van der Waals surface area (Å²) >= 11 is 0. The van der Waals surface area contributed by atoms with Gasteiger partial charge in [-0.1, -0.05) is 18.2 Å². The first kappa shape index (κ1) is 16.4. The number of hydrogen-bond donors (Lipinski definition) is 0. The van der Waals surface area contributed by atoms with Crippen LogP contribution in [0.4, 0.5) is 4.39 Å².